The average molecular weight is 258 g/mol. The number of carboxylic acids is 1. The van der Waals surface area contributed by atoms with Gasteiger partial charge in [-0.25, -0.2) is 13.2 Å². The van der Waals surface area contributed by atoms with E-state index in [1.165, 1.54) is 18.2 Å². The molecule has 1 N–H and O–H groups in total. The van der Waals surface area contributed by atoms with Crippen LogP contribution >= 0.6 is 0 Å². The van der Waals surface area contributed by atoms with E-state index < -0.39 is 36.0 Å². The Morgan fingerprint density at radius 3 is 2.17 bits per heavy atom. The number of hydrogen-bond acceptors (Lipinski definition) is 1. The summed E-state index contributed by atoms with van der Waals surface area (Å²) in [6, 6.07) is 5.50. The lowest BCUT2D eigenvalue weighted by Crippen LogP contribution is -2.43. The van der Waals surface area contributed by atoms with Crippen molar-refractivity contribution in [3.63, 3.8) is 0 Å². The standard InChI is InChI=1S/C13H13F3O2/c14-10-4-2-1-3-9(10)12(11(17)18)5-7-13(15,16)8-6-12/h1-4H,5-8H2,(H,17,18). The summed E-state index contributed by atoms with van der Waals surface area (Å²) in [6.45, 7) is 0. The van der Waals surface area contributed by atoms with Gasteiger partial charge in [-0.3, -0.25) is 4.79 Å². The first-order valence-corrected chi connectivity index (χ1v) is 5.74. The zero-order valence-electron chi connectivity index (χ0n) is 9.63. The minimum Gasteiger partial charge on any atom is -0.481 e. The molecular formula is C13H13F3O2. The van der Waals surface area contributed by atoms with Crippen molar-refractivity contribution in [1.82, 2.24) is 0 Å². The predicted octanol–water partition coefficient (Wildman–Crippen LogP) is 3.36. The Morgan fingerprint density at radius 1 is 1.11 bits per heavy atom. The van der Waals surface area contributed by atoms with E-state index in [1.807, 2.05) is 0 Å². The third kappa shape index (κ3) is 2.09. The Bertz CT molecular complexity index is 461. The van der Waals surface area contributed by atoms with E-state index in [1.54, 1.807) is 0 Å². The fraction of sp³-hybridized carbons (Fsp3) is 0.462. The molecule has 0 bridgehead atoms. The lowest BCUT2D eigenvalue weighted by Gasteiger charge is -2.37. The van der Waals surface area contributed by atoms with Crippen molar-refractivity contribution in [3.8, 4) is 0 Å². The van der Waals surface area contributed by atoms with E-state index in [-0.39, 0.29) is 18.4 Å². The van der Waals surface area contributed by atoms with Gasteiger partial charge in [-0.1, -0.05) is 18.2 Å². The SMILES string of the molecule is O=C(O)C1(c2ccccc2F)CCC(F)(F)CC1. The van der Waals surface area contributed by atoms with Crippen LogP contribution in [0.5, 0.6) is 0 Å². The van der Waals surface area contributed by atoms with Crippen LogP contribution in [0.25, 0.3) is 0 Å². The molecule has 2 rings (SSSR count). The van der Waals surface area contributed by atoms with Gasteiger partial charge in [0.15, 0.2) is 0 Å². The smallest absolute Gasteiger partial charge is 0.314 e. The fourth-order valence-electron chi connectivity index (χ4n) is 2.49. The number of benzene rings is 1. The van der Waals surface area contributed by atoms with Crippen LogP contribution < -0.4 is 0 Å². The monoisotopic (exact) mass is 258 g/mol. The normalized spacial score (nSPS) is 21.5. The topological polar surface area (TPSA) is 37.3 Å². The van der Waals surface area contributed by atoms with Crippen molar-refractivity contribution >= 4 is 5.97 Å². The first-order valence-electron chi connectivity index (χ1n) is 5.74. The number of halogens is 3. The minimum absolute atomic E-state index is 0.00741. The van der Waals surface area contributed by atoms with Crippen LogP contribution in [0, 0.1) is 5.82 Å². The van der Waals surface area contributed by atoms with E-state index in [0.717, 1.165) is 6.07 Å². The van der Waals surface area contributed by atoms with E-state index in [2.05, 4.69) is 0 Å². The molecule has 1 aromatic rings. The van der Waals surface area contributed by atoms with Crippen molar-refractivity contribution in [2.45, 2.75) is 37.0 Å². The number of hydrogen-bond donors (Lipinski definition) is 1. The molecule has 0 aromatic heterocycles. The molecule has 2 nitrogen and oxygen atoms in total. The van der Waals surface area contributed by atoms with Crippen LogP contribution in [0.15, 0.2) is 24.3 Å². The van der Waals surface area contributed by atoms with Crippen molar-refractivity contribution in [2.75, 3.05) is 0 Å². The van der Waals surface area contributed by atoms with Crippen LogP contribution in [0.1, 0.15) is 31.2 Å². The van der Waals surface area contributed by atoms with Gasteiger partial charge in [0.1, 0.15) is 5.82 Å². The maximum atomic E-state index is 13.7. The second kappa shape index (κ2) is 4.30. The van der Waals surface area contributed by atoms with Crippen molar-refractivity contribution < 1.29 is 23.1 Å². The van der Waals surface area contributed by atoms with Gasteiger partial charge in [-0.05, 0) is 18.9 Å². The molecule has 98 valence electrons. The Kier molecular flexibility index (Phi) is 3.09. The van der Waals surface area contributed by atoms with Crippen molar-refractivity contribution in [3.05, 3.63) is 35.6 Å². The molecule has 0 heterocycles. The van der Waals surface area contributed by atoms with Gasteiger partial charge in [-0.2, -0.15) is 0 Å². The molecule has 1 aromatic carbocycles. The molecule has 0 unspecified atom stereocenters. The number of aliphatic carboxylic acids is 1. The van der Waals surface area contributed by atoms with Gasteiger partial charge in [0.05, 0.1) is 5.41 Å². The Morgan fingerprint density at radius 2 is 1.67 bits per heavy atom. The highest BCUT2D eigenvalue weighted by atomic mass is 19.3. The lowest BCUT2D eigenvalue weighted by atomic mass is 9.68. The summed E-state index contributed by atoms with van der Waals surface area (Å²) in [5.74, 6) is -4.72. The molecule has 1 aliphatic carbocycles. The number of alkyl halides is 2. The number of carbonyl (C=O) groups is 1. The first-order chi connectivity index (χ1) is 8.37. The van der Waals surface area contributed by atoms with E-state index in [9.17, 15) is 23.1 Å². The highest BCUT2D eigenvalue weighted by Gasteiger charge is 2.50. The Balaban J connectivity index is 2.42. The van der Waals surface area contributed by atoms with Gasteiger partial charge in [0.2, 0.25) is 5.92 Å². The van der Waals surface area contributed by atoms with Gasteiger partial charge in [-0.15, -0.1) is 0 Å². The summed E-state index contributed by atoms with van der Waals surface area (Å²) < 4.78 is 40.0. The summed E-state index contributed by atoms with van der Waals surface area (Å²) in [5.41, 5.74) is -1.51. The Labute approximate surface area is 102 Å². The van der Waals surface area contributed by atoms with Crippen molar-refractivity contribution in [1.29, 1.82) is 0 Å². The summed E-state index contributed by atoms with van der Waals surface area (Å²) in [6.07, 6.45) is -1.52. The van der Waals surface area contributed by atoms with Gasteiger partial charge in [0.25, 0.3) is 0 Å². The van der Waals surface area contributed by atoms with Gasteiger partial charge in [0, 0.05) is 18.4 Å². The second-order valence-electron chi connectivity index (χ2n) is 4.72. The molecule has 0 aliphatic heterocycles. The molecule has 5 heteroatoms. The highest BCUT2D eigenvalue weighted by Crippen LogP contribution is 2.46. The molecule has 1 saturated carbocycles. The van der Waals surface area contributed by atoms with Crippen LogP contribution in [0.2, 0.25) is 0 Å². The zero-order chi connectivity index (χ0) is 13.4. The predicted molar refractivity (Wildman–Crippen MR) is 59.1 cm³/mol. The lowest BCUT2D eigenvalue weighted by molar-refractivity contribution is -0.149. The molecule has 0 atom stereocenters. The molecule has 18 heavy (non-hydrogen) atoms. The average Bonchev–Trinajstić information content (AvgIpc) is 2.30. The summed E-state index contributed by atoms with van der Waals surface area (Å²) in [4.78, 5) is 11.4. The van der Waals surface area contributed by atoms with E-state index in [4.69, 9.17) is 0 Å². The molecule has 0 radical (unpaired) electrons. The molecule has 1 fully saturated rings. The van der Waals surface area contributed by atoms with Crippen LogP contribution in [0.3, 0.4) is 0 Å². The fourth-order valence-corrected chi connectivity index (χ4v) is 2.49. The number of rotatable bonds is 2. The van der Waals surface area contributed by atoms with E-state index in [0.29, 0.717) is 0 Å². The second-order valence-corrected chi connectivity index (χ2v) is 4.72. The van der Waals surface area contributed by atoms with Gasteiger partial charge >= 0.3 is 5.97 Å². The van der Waals surface area contributed by atoms with Crippen molar-refractivity contribution in [2.24, 2.45) is 0 Å². The molecular weight excluding hydrogens is 245 g/mol. The van der Waals surface area contributed by atoms with Crippen LogP contribution in [-0.2, 0) is 10.2 Å². The zero-order valence-corrected chi connectivity index (χ0v) is 9.63. The summed E-state index contributed by atoms with van der Waals surface area (Å²) >= 11 is 0. The van der Waals surface area contributed by atoms with Crippen LogP contribution in [0.4, 0.5) is 13.2 Å². The first kappa shape index (κ1) is 12.9. The van der Waals surface area contributed by atoms with Crippen LogP contribution in [-0.4, -0.2) is 17.0 Å². The molecule has 1 aliphatic rings. The Hall–Kier alpha value is -1.52. The molecule has 0 saturated heterocycles. The molecule has 0 amide bonds. The third-order valence-corrected chi connectivity index (χ3v) is 3.63. The highest BCUT2D eigenvalue weighted by molar-refractivity contribution is 5.81. The van der Waals surface area contributed by atoms with Gasteiger partial charge < -0.3 is 5.11 Å². The van der Waals surface area contributed by atoms with E-state index >= 15 is 0 Å². The maximum absolute atomic E-state index is 13.7. The number of carboxylic acid groups (broad SMARTS) is 1. The summed E-state index contributed by atoms with van der Waals surface area (Å²) in [7, 11) is 0. The summed E-state index contributed by atoms with van der Waals surface area (Å²) in [5, 5.41) is 9.33. The maximum Gasteiger partial charge on any atom is 0.314 e. The minimum atomic E-state index is -2.84. The third-order valence-electron chi connectivity index (χ3n) is 3.63. The largest absolute Gasteiger partial charge is 0.481 e. The molecule has 0 spiro atoms. The quantitative estimate of drug-likeness (QED) is 0.883.